The van der Waals surface area contributed by atoms with Gasteiger partial charge in [0.15, 0.2) is 0 Å². The average molecular weight is 306 g/mol. The van der Waals surface area contributed by atoms with Gasteiger partial charge in [0.25, 0.3) is 0 Å². The normalized spacial score (nSPS) is 11.3. The number of aromatic hydroxyl groups is 1. The number of unbranched alkanes of at least 4 members (excludes halogenated alkanes) is 5. The second-order valence-corrected chi connectivity index (χ2v) is 6.47. The maximum Gasteiger partial charge on any atom is 0.126 e. The molecule has 1 nitrogen and oxygen atoms in total. The van der Waals surface area contributed by atoms with Crippen LogP contribution in [0.25, 0.3) is 21.5 Å². The topological polar surface area (TPSA) is 20.2 Å². The first kappa shape index (κ1) is 15.9. The molecule has 0 aliphatic carbocycles. The lowest BCUT2D eigenvalue weighted by Gasteiger charge is -2.10. The average Bonchev–Trinajstić information content (AvgIpc) is 2.59. The van der Waals surface area contributed by atoms with E-state index in [1.807, 2.05) is 0 Å². The number of hydrogen-bond donors (Lipinski definition) is 1. The van der Waals surface area contributed by atoms with E-state index in [1.165, 1.54) is 42.9 Å². The summed E-state index contributed by atoms with van der Waals surface area (Å²) in [5.41, 5.74) is 1.09. The molecular weight excluding hydrogens is 280 g/mol. The van der Waals surface area contributed by atoms with Crippen molar-refractivity contribution in [2.45, 2.75) is 51.9 Å². The van der Waals surface area contributed by atoms with E-state index in [2.05, 4.69) is 55.5 Å². The lowest BCUT2D eigenvalue weighted by Crippen LogP contribution is -1.89. The lowest BCUT2D eigenvalue weighted by molar-refractivity contribution is 0.472. The van der Waals surface area contributed by atoms with E-state index in [0.717, 1.165) is 29.2 Å². The van der Waals surface area contributed by atoms with Gasteiger partial charge < -0.3 is 5.11 Å². The third-order valence-corrected chi connectivity index (χ3v) is 4.78. The number of hydrogen-bond acceptors (Lipinski definition) is 1. The molecule has 3 rings (SSSR count). The predicted octanol–water partition coefficient (Wildman–Crippen LogP) is 6.60. The van der Waals surface area contributed by atoms with Crippen LogP contribution in [0.4, 0.5) is 0 Å². The monoisotopic (exact) mass is 306 g/mol. The Morgan fingerprint density at radius 3 is 2.30 bits per heavy atom. The van der Waals surface area contributed by atoms with Crippen LogP contribution in [0.3, 0.4) is 0 Å². The Bertz CT molecular complexity index is 788. The van der Waals surface area contributed by atoms with Crippen LogP contribution in [-0.4, -0.2) is 5.11 Å². The highest BCUT2D eigenvalue weighted by molar-refractivity contribution is 6.09. The van der Waals surface area contributed by atoms with E-state index in [4.69, 9.17) is 0 Å². The third-order valence-electron chi connectivity index (χ3n) is 4.78. The van der Waals surface area contributed by atoms with Gasteiger partial charge >= 0.3 is 0 Å². The van der Waals surface area contributed by atoms with Crippen molar-refractivity contribution in [1.29, 1.82) is 0 Å². The molecule has 120 valence electrons. The van der Waals surface area contributed by atoms with Gasteiger partial charge in [0.05, 0.1) is 0 Å². The van der Waals surface area contributed by atoms with E-state index in [9.17, 15) is 5.11 Å². The van der Waals surface area contributed by atoms with Crippen LogP contribution in [0.5, 0.6) is 5.75 Å². The van der Waals surface area contributed by atoms with Crippen molar-refractivity contribution in [2.24, 2.45) is 0 Å². The van der Waals surface area contributed by atoms with Crippen molar-refractivity contribution in [3.8, 4) is 5.75 Å². The van der Waals surface area contributed by atoms with Crippen molar-refractivity contribution in [3.63, 3.8) is 0 Å². The summed E-state index contributed by atoms with van der Waals surface area (Å²) in [5, 5.41) is 15.2. The molecule has 0 radical (unpaired) electrons. The third kappa shape index (κ3) is 3.50. The zero-order valence-corrected chi connectivity index (χ0v) is 14.0. The van der Waals surface area contributed by atoms with Gasteiger partial charge in [-0.3, -0.25) is 0 Å². The van der Waals surface area contributed by atoms with Gasteiger partial charge in [-0.25, -0.2) is 0 Å². The Kier molecular flexibility index (Phi) is 5.17. The first-order chi connectivity index (χ1) is 11.3. The second-order valence-electron chi connectivity index (χ2n) is 6.47. The Morgan fingerprint density at radius 2 is 1.43 bits per heavy atom. The molecule has 3 aromatic rings. The quantitative estimate of drug-likeness (QED) is 0.385. The lowest BCUT2D eigenvalue weighted by atomic mass is 9.97. The van der Waals surface area contributed by atoms with Crippen molar-refractivity contribution in [1.82, 2.24) is 0 Å². The second kappa shape index (κ2) is 7.50. The van der Waals surface area contributed by atoms with Gasteiger partial charge in [0.1, 0.15) is 5.75 Å². The van der Waals surface area contributed by atoms with Crippen LogP contribution >= 0.6 is 0 Å². The summed E-state index contributed by atoms with van der Waals surface area (Å²) < 4.78 is 0. The number of benzene rings is 3. The predicted molar refractivity (Wildman–Crippen MR) is 100 cm³/mol. The van der Waals surface area contributed by atoms with Crippen molar-refractivity contribution in [3.05, 3.63) is 54.1 Å². The largest absolute Gasteiger partial charge is 0.507 e. The van der Waals surface area contributed by atoms with Crippen molar-refractivity contribution < 1.29 is 5.11 Å². The Balaban J connectivity index is 1.78. The number of rotatable bonds is 7. The zero-order valence-electron chi connectivity index (χ0n) is 14.0. The molecule has 0 aromatic heterocycles. The number of phenolic OH excluding ortho intramolecular Hbond substituents is 1. The minimum Gasteiger partial charge on any atom is -0.507 e. The molecule has 0 saturated carbocycles. The van der Waals surface area contributed by atoms with E-state index >= 15 is 0 Å². The zero-order chi connectivity index (χ0) is 16.1. The van der Waals surface area contributed by atoms with Crippen LogP contribution in [0.15, 0.2) is 48.5 Å². The van der Waals surface area contributed by atoms with Crippen molar-refractivity contribution in [2.75, 3.05) is 0 Å². The van der Waals surface area contributed by atoms with Crippen LogP contribution < -0.4 is 0 Å². The highest BCUT2D eigenvalue weighted by atomic mass is 16.3. The highest BCUT2D eigenvalue weighted by Crippen LogP contribution is 2.34. The molecule has 0 saturated heterocycles. The molecule has 0 heterocycles. The van der Waals surface area contributed by atoms with E-state index in [-0.39, 0.29) is 0 Å². The summed E-state index contributed by atoms with van der Waals surface area (Å²) in [7, 11) is 0. The fourth-order valence-corrected chi connectivity index (χ4v) is 3.42. The maximum atomic E-state index is 10.6. The van der Waals surface area contributed by atoms with Gasteiger partial charge in [-0.05, 0) is 34.6 Å². The number of aryl methyl sites for hydroxylation is 1. The molecule has 0 amide bonds. The maximum absolute atomic E-state index is 10.6. The van der Waals surface area contributed by atoms with Crippen LogP contribution in [0.2, 0.25) is 0 Å². The summed E-state index contributed by atoms with van der Waals surface area (Å²) >= 11 is 0. The molecule has 0 fully saturated rings. The van der Waals surface area contributed by atoms with Gasteiger partial charge in [-0.1, -0.05) is 87.6 Å². The van der Waals surface area contributed by atoms with Crippen molar-refractivity contribution >= 4 is 21.5 Å². The smallest absolute Gasteiger partial charge is 0.126 e. The van der Waals surface area contributed by atoms with Gasteiger partial charge in [0, 0.05) is 5.39 Å². The first-order valence-corrected chi connectivity index (χ1v) is 8.93. The molecule has 3 aromatic carbocycles. The fraction of sp³-hybridized carbons (Fsp3) is 0.364. The standard InChI is InChI=1S/C22H26O/c1-2-3-4-5-6-7-11-18-14-15-20-19-12-9-8-10-17(19)13-16-21(20)22(18)23/h8-10,12-16,23H,2-7,11H2,1H3. The molecule has 0 aliphatic heterocycles. The summed E-state index contributed by atoms with van der Waals surface area (Å²) in [6, 6.07) is 16.8. The fourth-order valence-electron chi connectivity index (χ4n) is 3.42. The molecule has 0 aliphatic rings. The van der Waals surface area contributed by atoms with E-state index in [1.54, 1.807) is 0 Å². The first-order valence-electron chi connectivity index (χ1n) is 8.93. The molecule has 23 heavy (non-hydrogen) atoms. The SMILES string of the molecule is CCCCCCCCc1ccc2c(ccc3ccccc32)c1O. The van der Waals surface area contributed by atoms with E-state index < -0.39 is 0 Å². The Hall–Kier alpha value is -2.02. The van der Waals surface area contributed by atoms with Crippen LogP contribution in [0, 0.1) is 0 Å². The summed E-state index contributed by atoms with van der Waals surface area (Å²) in [4.78, 5) is 0. The van der Waals surface area contributed by atoms with Crippen LogP contribution in [-0.2, 0) is 6.42 Å². The highest BCUT2D eigenvalue weighted by Gasteiger charge is 2.08. The Morgan fingerprint density at radius 1 is 0.696 bits per heavy atom. The number of phenols is 1. The van der Waals surface area contributed by atoms with Gasteiger partial charge in [0.2, 0.25) is 0 Å². The van der Waals surface area contributed by atoms with Crippen LogP contribution in [0.1, 0.15) is 51.0 Å². The Labute approximate surface area is 139 Å². The minimum atomic E-state index is 0.474. The molecule has 0 atom stereocenters. The number of fused-ring (bicyclic) bond motifs is 3. The van der Waals surface area contributed by atoms with E-state index in [0.29, 0.717) is 5.75 Å². The summed E-state index contributed by atoms with van der Waals surface area (Å²) in [5.74, 6) is 0.474. The molecule has 0 spiro atoms. The molecular formula is C22H26O. The van der Waals surface area contributed by atoms with Gasteiger partial charge in [-0.2, -0.15) is 0 Å². The molecule has 1 N–H and O–H groups in total. The molecule has 1 heteroatoms. The minimum absolute atomic E-state index is 0.474. The summed E-state index contributed by atoms with van der Waals surface area (Å²) in [6.45, 7) is 2.25. The summed E-state index contributed by atoms with van der Waals surface area (Å²) in [6.07, 6.45) is 8.68. The van der Waals surface area contributed by atoms with Gasteiger partial charge in [-0.15, -0.1) is 0 Å². The molecule has 0 bridgehead atoms. The molecule has 0 unspecified atom stereocenters.